The lowest BCUT2D eigenvalue weighted by atomic mass is 10.3. The molecule has 1 heterocycles. The highest BCUT2D eigenvalue weighted by molar-refractivity contribution is 7.99. The lowest BCUT2D eigenvalue weighted by Gasteiger charge is -2.07. The summed E-state index contributed by atoms with van der Waals surface area (Å²) >= 11 is 7.39. The first kappa shape index (κ1) is 18.0. The van der Waals surface area contributed by atoms with Gasteiger partial charge in [0.05, 0.1) is 0 Å². The topological polar surface area (TPSA) is 66.9 Å². The highest BCUT2D eigenvalue weighted by Crippen LogP contribution is 2.28. The van der Waals surface area contributed by atoms with Crippen molar-refractivity contribution < 1.29 is 4.79 Å². The molecule has 0 saturated carbocycles. The Hall–Kier alpha value is -2.83. The lowest BCUT2D eigenvalue weighted by molar-refractivity contribution is -0.111. The van der Waals surface area contributed by atoms with Crippen molar-refractivity contribution in [2.24, 2.45) is 0 Å². The molecule has 2 aromatic carbocycles. The van der Waals surface area contributed by atoms with Crippen molar-refractivity contribution in [3.05, 3.63) is 78.5 Å². The van der Waals surface area contributed by atoms with Gasteiger partial charge in [-0.25, -0.2) is 9.97 Å². The number of amides is 1. The number of aromatic nitrogens is 2. The Labute approximate surface area is 160 Å². The second kappa shape index (κ2) is 8.51. The molecule has 0 spiro atoms. The molecule has 0 bridgehead atoms. The van der Waals surface area contributed by atoms with Crippen LogP contribution in [0.4, 0.5) is 17.3 Å². The van der Waals surface area contributed by atoms with Gasteiger partial charge >= 0.3 is 0 Å². The first-order chi connectivity index (χ1) is 12.6. The fourth-order valence-corrected chi connectivity index (χ4v) is 2.94. The minimum absolute atomic E-state index is 0.237. The summed E-state index contributed by atoms with van der Waals surface area (Å²) in [6, 6.07) is 16.7. The van der Waals surface area contributed by atoms with Crippen LogP contribution in [0.5, 0.6) is 0 Å². The molecule has 0 radical (unpaired) electrons. The maximum Gasteiger partial charge on any atom is 0.247 e. The van der Waals surface area contributed by atoms with Gasteiger partial charge < -0.3 is 10.6 Å². The Morgan fingerprint density at radius 1 is 1.04 bits per heavy atom. The van der Waals surface area contributed by atoms with Crippen molar-refractivity contribution in [3.8, 4) is 0 Å². The summed E-state index contributed by atoms with van der Waals surface area (Å²) in [5.74, 6) is 0.270. The maximum absolute atomic E-state index is 11.3. The van der Waals surface area contributed by atoms with Gasteiger partial charge in [-0.2, -0.15) is 0 Å². The SMILES string of the molecule is C=CC(=O)Nc1ccc(Sc2ccnc(Nc3ccc(Cl)cc3)n2)cc1. The first-order valence-corrected chi connectivity index (χ1v) is 8.89. The molecule has 2 N–H and O–H groups in total. The third-order valence-electron chi connectivity index (χ3n) is 3.26. The molecule has 130 valence electrons. The largest absolute Gasteiger partial charge is 0.324 e. The Morgan fingerprint density at radius 2 is 1.73 bits per heavy atom. The molecule has 3 rings (SSSR count). The van der Waals surface area contributed by atoms with Gasteiger partial charge in [0.25, 0.3) is 0 Å². The van der Waals surface area contributed by atoms with E-state index in [2.05, 4.69) is 27.2 Å². The molecule has 1 amide bonds. The van der Waals surface area contributed by atoms with E-state index in [4.69, 9.17) is 11.6 Å². The van der Waals surface area contributed by atoms with Crippen molar-refractivity contribution in [1.29, 1.82) is 0 Å². The van der Waals surface area contributed by atoms with Crippen LogP contribution in [-0.2, 0) is 4.79 Å². The van der Waals surface area contributed by atoms with E-state index >= 15 is 0 Å². The average Bonchev–Trinajstić information content (AvgIpc) is 2.65. The summed E-state index contributed by atoms with van der Waals surface area (Å²) in [7, 11) is 0. The summed E-state index contributed by atoms with van der Waals surface area (Å²) in [6.07, 6.45) is 2.94. The van der Waals surface area contributed by atoms with E-state index < -0.39 is 0 Å². The standard InChI is InChI=1S/C19H15ClN4OS/c1-2-17(25)22-14-7-9-16(10-8-14)26-18-11-12-21-19(24-18)23-15-5-3-13(20)4-6-15/h2-12H,1H2,(H,22,25)(H,21,23,24). The van der Waals surface area contributed by atoms with Gasteiger partial charge in [-0.1, -0.05) is 29.9 Å². The highest BCUT2D eigenvalue weighted by Gasteiger charge is 2.04. The maximum atomic E-state index is 11.3. The quantitative estimate of drug-likeness (QED) is 0.456. The zero-order valence-corrected chi connectivity index (χ0v) is 15.2. The summed E-state index contributed by atoms with van der Waals surface area (Å²) in [4.78, 5) is 21.0. The zero-order chi connectivity index (χ0) is 18.4. The van der Waals surface area contributed by atoms with Crippen LogP contribution >= 0.6 is 23.4 Å². The normalized spacial score (nSPS) is 10.2. The van der Waals surface area contributed by atoms with Gasteiger partial charge in [0.2, 0.25) is 11.9 Å². The number of rotatable bonds is 6. The third-order valence-corrected chi connectivity index (χ3v) is 4.46. The van der Waals surface area contributed by atoms with Gasteiger partial charge in [0.1, 0.15) is 5.03 Å². The van der Waals surface area contributed by atoms with E-state index in [1.165, 1.54) is 17.8 Å². The fourth-order valence-electron chi connectivity index (χ4n) is 2.04. The molecular weight excluding hydrogens is 368 g/mol. The van der Waals surface area contributed by atoms with Gasteiger partial charge in [-0.05, 0) is 60.7 Å². The molecule has 0 aliphatic rings. The molecular formula is C19H15ClN4OS. The molecule has 0 unspecified atom stereocenters. The van der Waals surface area contributed by atoms with Crippen LogP contribution < -0.4 is 10.6 Å². The van der Waals surface area contributed by atoms with Crippen molar-refractivity contribution in [2.75, 3.05) is 10.6 Å². The second-order valence-corrected chi connectivity index (χ2v) is 6.70. The first-order valence-electron chi connectivity index (χ1n) is 7.69. The Bertz CT molecular complexity index is 914. The zero-order valence-electron chi connectivity index (χ0n) is 13.6. The summed E-state index contributed by atoms with van der Waals surface area (Å²) in [5.41, 5.74) is 1.57. The molecule has 0 atom stereocenters. The predicted octanol–water partition coefficient (Wildman–Crippen LogP) is 5.15. The van der Waals surface area contributed by atoms with Crippen molar-refractivity contribution in [1.82, 2.24) is 9.97 Å². The highest BCUT2D eigenvalue weighted by atomic mass is 35.5. The smallest absolute Gasteiger partial charge is 0.247 e. The van der Waals surface area contributed by atoms with Crippen LogP contribution in [0.15, 0.2) is 83.4 Å². The van der Waals surface area contributed by atoms with Crippen LogP contribution in [0.25, 0.3) is 0 Å². The summed E-state index contributed by atoms with van der Waals surface area (Å²) < 4.78 is 0. The van der Waals surface area contributed by atoms with Gasteiger partial charge in [0.15, 0.2) is 0 Å². The number of benzene rings is 2. The van der Waals surface area contributed by atoms with Crippen LogP contribution in [-0.4, -0.2) is 15.9 Å². The summed E-state index contributed by atoms with van der Waals surface area (Å²) in [5, 5.41) is 7.33. The fraction of sp³-hybridized carbons (Fsp3) is 0. The number of carbonyl (C=O) groups is 1. The molecule has 0 aliphatic carbocycles. The Kier molecular flexibility index (Phi) is 5.88. The van der Waals surface area contributed by atoms with Crippen molar-refractivity contribution in [3.63, 3.8) is 0 Å². The molecule has 1 aromatic heterocycles. The number of nitrogens with one attached hydrogen (secondary N) is 2. The average molecular weight is 383 g/mol. The van der Waals surface area contributed by atoms with Gasteiger partial charge in [-0.3, -0.25) is 4.79 Å². The minimum Gasteiger partial charge on any atom is -0.324 e. The minimum atomic E-state index is -0.237. The second-order valence-electron chi connectivity index (χ2n) is 5.17. The molecule has 0 aliphatic heterocycles. The van der Waals surface area contributed by atoms with Crippen LogP contribution in [0.1, 0.15) is 0 Å². The van der Waals surface area contributed by atoms with Crippen LogP contribution in [0.3, 0.4) is 0 Å². The van der Waals surface area contributed by atoms with Gasteiger partial charge in [0, 0.05) is 27.5 Å². The lowest BCUT2D eigenvalue weighted by Crippen LogP contribution is -2.06. The summed E-state index contributed by atoms with van der Waals surface area (Å²) in [6.45, 7) is 3.43. The van der Waals surface area contributed by atoms with E-state index in [0.29, 0.717) is 16.7 Å². The Balaban J connectivity index is 1.67. The van der Waals surface area contributed by atoms with E-state index in [1.807, 2.05) is 42.5 Å². The molecule has 5 nitrogen and oxygen atoms in total. The van der Waals surface area contributed by atoms with Crippen molar-refractivity contribution >= 4 is 46.6 Å². The molecule has 7 heteroatoms. The third kappa shape index (κ3) is 5.08. The number of hydrogen-bond donors (Lipinski definition) is 2. The molecule has 0 saturated heterocycles. The number of carbonyl (C=O) groups excluding carboxylic acids is 1. The molecule has 3 aromatic rings. The predicted molar refractivity (Wildman–Crippen MR) is 106 cm³/mol. The van der Waals surface area contributed by atoms with Crippen LogP contribution in [0.2, 0.25) is 5.02 Å². The van der Waals surface area contributed by atoms with Crippen molar-refractivity contribution in [2.45, 2.75) is 9.92 Å². The molecule has 0 fully saturated rings. The monoisotopic (exact) mass is 382 g/mol. The molecule has 26 heavy (non-hydrogen) atoms. The van der Waals surface area contributed by atoms with E-state index in [9.17, 15) is 4.79 Å². The number of anilines is 3. The van der Waals surface area contributed by atoms with E-state index in [1.54, 1.807) is 18.3 Å². The van der Waals surface area contributed by atoms with E-state index in [-0.39, 0.29) is 5.91 Å². The van der Waals surface area contributed by atoms with Crippen LogP contribution in [0, 0.1) is 0 Å². The van der Waals surface area contributed by atoms with E-state index in [0.717, 1.165) is 15.6 Å². The number of hydrogen-bond acceptors (Lipinski definition) is 5. The number of halogens is 1. The number of nitrogens with zero attached hydrogens (tertiary/aromatic N) is 2. The van der Waals surface area contributed by atoms with Gasteiger partial charge in [-0.15, -0.1) is 0 Å². The Morgan fingerprint density at radius 3 is 2.42 bits per heavy atom.